The van der Waals surface area contributed by atoms with Gasteiger partial charge in [-0.15, -0.1) is 0 Å². The molecule has 3 aromatic rings. The molecule has 0 atom stereocenters. The van der Waals surface area contributed by atoms with E-state index in [0.29, 0.717) is 17.0 Å². The smallest absolute Gasteiger partial charge is 0.342 e. The molecule has 0 saturated carbocycles. The maximum Gasteiger partial charge on any atom is 0.342 e. The van der Waals surface area contributed by atoms with Crippen molar-refractivity contribution in [2.75, 3.05) is 13.7 Å². The number of hydrogen-bond acceptors (Lipinski definition) is 5. The fourth-order valence-corrected chi connectivity index (χ4v) is 3.73. The Labute approximate surface area is 188 Å². The summed E-state index contributed by atoms with van der Waals surface area (Å²) >= 11 is 0. The zero-order valence-corrected chi connectivity index (χ0v) is 19.1. The Balaban J connectivity index is 1.95. The molecule has 2 aromatic carbocycles. The Bertz CT molecular complexity index is 1070. The van der Waals surface area contributed by atoms with Gasteiger partial charge in [-0.3, -0.25) is 4.79 Å². The zero-order chi connectivity index (χ0) is 23.3. The van der Waals surface area contributed by atoms with Gasteiger partial charge in [0.1, 0.15) is 17.0 Å². The number of hydrogen-bond donors (Lipinski definition) is 0. The number of methoxy groups -OCH3 is 1. The summed E-state index contributed by atoms with van der Waals surface area (Å²) < 4.78 is 12.5. The molecule has 0 fully saturated rings. The predicted molar refractivity (Wildman–Crippen MR) is 123 cm³/mol. The van der Waals surface area contributed by atoms with Gasteiger partial charge in [0.25, 0.3) is 5.91 Å². The first-order valence-corrected chi connectivity index (χ1v) is 10.6. The molecule has 3 rings (SSSR count). The van der Waals surface area contributed by atoms with E-state index < -0.39 is 5.97 Å². The molecule has 1 heterocycles. The predicted octanol–water partition coefficient (Wildman–Crippen LogP) is 4.35. The van der Waals surface area contributed by atoms with Crippen LogP contribution in [0.2, 0.25) is 0 Å². The van der Waals surface area contributed by atoms with Gasteiger partial charge in [-0.2, -0.15) is 5.10 Å². The van der Waals surface area contributed by atoms with E-state index in [2.05, 4.69) is 5.10 Å². The van der Waals surface area contributed by atoms with Crippen molar-refractivity contribution < 1.29 is 19.1 Å². The van der Waals surface area contributed by atoms with Gasteiger partial charge in [0.05, 0.1) is 12.8 Å². The van der Waals surface area contributed by atoms with Gasteiger partial charge in [0.2, 0.25) is 0 Å². The van der Waals surface area contributed by atoms with Gasteiger partial charge < -0.3 is 14.4 Å². The van der Waals surface area contributed by atoms with Crippen molar-refractivity contribution in [2.24, 2.45) is 0 Å². The molecule has 0 bridgehead atoms. The minimum atomic E-state index is -0.617. The molecule has 0 saturated heterocycles. The Morgan fingerprint density at radius 1 is 0.969 bits per heavy atom. The summed E-state index contributed by atoms with van der Waals surface area (Å²) in [6.45, 7) is 7.40. The molecule has 0 aliphatic carbocycles. The third-order valence-corrected chi connectivity index (χ3v) is 5.04. The van der Waals surface area contributed by atoms with Crippen molar-refractivity contribution in [3.8, 4) is 22.7 Å². The monoisotopic (exact) mass is 435 g/mol. The Morgan fingerprint density at radius 3 is 2.22 bits per heavy atom. The zero-order valence-electron chi connectivity index (χ0n) is 19.1. The van der Waals surface area contributed by atoms with Gasteiger partial charge in [-0.05, 0) is 52.0 Å². The highest BCUT2D eigenvalue weighted by Gasteiger charge is 2.25. The summed E-state index contributed by atoms with van der Waals surface area (Å²) in [5, 5.41) is 4.64. The van der Waals surface area contributed by atoms with Crippen LogP contribution >= 0.6 is 0 Å². The van der Waals surface area contributed by atoms with Gasteiger partial charge in [-0.1, -0.05) is 30.3 Å². The second kappa shape index (κ2) is 10.1. The number of para-hydroxylation sites is 2. The molecular weight excluding hydrogens is 406 g/mol. The summed E-state index contributed by atoms with van der Waals surface area (Å²) in [5.74, 6) is -0.270. The van der Waals surface area contributed by atoms with Crippen LogP contribution in [-0.2, 0) is 9.53 Å². The number of ether oxygens (including phenoxy) is 2. The molecule has 0 aliphatic rings. The molecule has 0 radical (unpaired) electrons. The standard InChI is InChI=1S/C25H29N3O4/c1-17(2)28(18(3)4)23(29)16-32-25(30)21-15-27(19-11-7-6-8-12-19)26-24(21)20-13-9-10-14-22(20)31-5/h6-15,17-18H,16H2,1-5H3. The van der Waals surface area contributed by atoms with Gasteiger partial charge >= 0.3 is 5.97 Å². The maximum atomic E-state index is 13.1. The van der Waals surface area contributed by atoms with E-state index in [1.807, 2.05) is 76.2 Å². The van der Waals surface area contributed by atoms with E-state index in [4.69, 9.17) is 9.47 Å². The molecule has 0 unspecified atom stereocenters. The highest BCUT2D eigenvalue weighted by atomic mass is 16.5. The van der Waals surface area contributed by atoms with Crippen molar-refractivity contribution in [3.05, 3.63) is 66.4 Å². The average Bonchev–Trinajstić information content (AvgIpc) is 3.23. The lowest BCUT2D eigenvalue weighted by atomic mass is 10.1. The van der Waals surface area contributed by atoms with Crippen molar-refractivity contribution in [2.45, 2.75) is 39.8 Å². The number of esters is 1. The lowest BCUT2D eigenvalue weighted by Gasteiger charge is -2.30. The SMILES string of the molecule is COc1ccccc1-c1nn(-c2ccccc2)cc1C(=O)OCC(=O)N(C(C)C)C(C)C. The maximum absolute atomic E-state index is 13.1. The summed E-state index contributed by atoms with van der Waals surface area (Å²) in [7, 11) is 1.57. The highest BCUT2D eigenvalue weighted by molar-refractivity contribution is 5.98. The number of aromatic nitrogens is 2. The minimum Gasteiger partial charge on any atom is -0.496 e. The van der Waals surface area contributed by atoms with E-state index in [0.717, 1.165) is 5.69 Å². The average molecular weight is 436 g/mol. The van der Waals surface area contributed by atoms with Crippen molar-refractivity contribution in [1.29, 1.82) is 0 Å². The lowest BCUT2D eigenvalue weighted by Crippen LogP contribution is -2.44. The fourth-order valence-electron chi connectivity index (χ4n) is 3.73. The molecule has 32 heavy (non-hydrogen) atoms. The normalized spacial score (nSPS) is 11.0. The topological polar surface area (TPSA) is 73.7 Å². The van der Waals surface area contributed by atoms with E-state index in [1.165, 1.54) is 0 Å². The molecule has 1 amide bonds. The lowest BCUT2D eigenvalue weighted by molar-refractivity contribution is -0.138. The van der Waals surface area contributed by atoms with E-state index >= 15 is 0 Å². The third kappa shape index (κ3) is 4.99. The quantitative estimate of drug-likeness (QED) is 0.492. The van der Waals surface area contributed by atoms with Crippen LogP contribution in [0, 0.1) is 0 Å². The molecule has 7 nitrogen and oxygen atoms in total. The molecule has 168 valence electrons. The largest absolute Gasteiger partial charge is 0.496 e. The van der Waals surface area contributed by atoms with Crippen LogP contribution in [0.15, 0.2) is 60.8 Å². The third-order valence-electron chi connectivity index (χ3n) is 5.04. The number of rotatable bonds is 8. The van der Waals surface area contributed by atoms with Crippen LogP contribution in [0.4, 0.5) is 0 Å². The Hall–Kier alpha value is -3.61. The van der Waals surface area contributed by atoms with Gasteiger partial charge in [0.15, 0.2) is 6.61 Å². The summed E-state index contributed by atoms with van der Waals surface area (Å²) in [4.78, 5) is 27.4. The Kier molecular flexibility index (Phi) is 7.30. The number of nitrogens with zero attached hydrogens (tertiary/aromatic N) is 3. The van der Waals surface area contributed by atoms with Crippen LogP contribution in [0.25, 0.3) is 16.9 Å². The molecule has 0 N–H and O–H groups in total. The number of benzene rings is 2. The summed E-state index contributed by atoms with van der Waals surface area (Å²) in [6, 6.07) is 16.8. The van der Waals surface area contributed by atoms with Crippen LogP contribution in [0.5, 0.6) is 5.75 Å². The second-order valence-electron chi connectivity index (χ2n) is 7.94. The van der Waals surface area contributed by atoms with Crippen LogP contribution in [0.1, 0.15) is 38.1 Å². The summed E-state index contributed by atoms with van der Waals surface area (Å²) in [5.41, 5.74) is 2.14. The van der Waals surface area contributed by atoms with Crippen molar-refractivity contribution in [3.63, 3.8) is 0 Å². The van der Waals surface area contributed by atoms with Crippen LogP contribution in [-0.4, -0.2) is 52.4 Å². The molecule has 7 heteroatoms. The number of carbonyl (C=O) groups is 2. The summed E-state index contributed by atoms with van der Waals surface area (Å²) in [6.07, 6.45) is 1.62. The Morgan fingerprint density at radius 2 is 1.59 bits per heavy atom. The second-order valence-corrected chi connectivity index (χ2v) is 7.94. The number of carbonyl (C=O) groups excluding carboxylic acids is 2. The highest BCUT2D eigenvalue weighted by Crippen LogP contribution is 2.32. The first-order chi connectivity index (χ1) is 15.3. The van der Waals surface area contributed by atoms with Crippen LogP contribution in [0.3, 0.4) is 0 Å². The fraction of sp³-hybridized carbons (Fsp3) is 0.320. The number of amides is 1. The first kappa shape index (κ1) is 23.1. The van der Waals surface area contributed by atoms with E-state index in [-0.39, 0.29) is 30.2 Å². The van der Waals surface area contributed by atoms with E-state index in [1.54, 1.807) is 29.0 Å². The molecule has 0 spiro atoms. The van der Waals surface area contributed by atoms with Crippen molar-refractivity contribution >= 4 is 11.9 Å². The minimum absolute atomic E-state index is 0.00572. The molecular formula is C25H29N3O4. The first-order valence-electron chi connectivity index (χ1n) is 10.6. The van der Waals surface area contributed by atoms with Crippen LogP contribution < -0.4 is 4.74 Å². The van der Waals surface area contributed by atoms with Gasteiger partial charge in [0, 0.05) is 23.8 Å². The van der Waals surface area contributed by atoms with Gasteiger partial charge in [-0.25, -0.2) is 9.48 Å². The van der Waals surface area contributed by atoms with Crippen molar-refractivity contribution in [1.82, 2.24) is 14.7 Å². The van der Waals surface area contributed by atoms with E-state index in [9.17, 15) is 9.59 Å². The molecule has 1 aromatic heterocycles. The molecule has 0 aliphatic heterocycles.